The van der Waals surface area contributed by atoms with Crippen LogP contribution in [-0.4, -0.2) is 29.2 Å². The van der Waals surface area contributed by atoms with Crippen LogP contribution < -0.4 is 0 Å². The first-order valence-electron chi connectivity index (χ1n) is 4.64. The maximum absolute atomic E-state index is 11.6. The average molecular weight is 234 g/mol. The smallest absolute Gasteiger partial charge is 0.225 e. The summed E-state index contributed by atoms with van der Waals surface area (Å²) < 4.78 is 0. The summed E-state index contributed by atoms with van der Waals surface area (Å²) in [6.07, 6.45) is 3.29. The summed E-state index contributed by atoms with van der Waals surface area (Å²) in [6.45, 7) is 3.89. The fourth-order valence-electron chi connectivity index (χ4n) is 1.29. The summed E-state index contributed by atoms with van der Waals surface area (Å²) in [5.41, 5.74) is 0. The highest BCUT2D eigenvalue weighted by Crippen LogP contribution is 2.30. The number of alkyl halides is 1. The minimum absolute atomic E-state index is 0.371. The van der Waals surface area contributed by atoms with Crippen LogP contribution in [0.2, 0.25) is 0 Å². The summed E-state index contributed by atoms with van der Waals surface area (Å²) in [5, 5.41) is 0.894. The molecule has 0 saturated heterocycles. The van der Waals surface area contributed by atoms with Crippen molar-refractivity contribution < 1.29 is 4.79 Å². The largest absolute Gasteiger partial charge is 0.342 e. The summed E-state index contributed by atoms with van der Waals surface area (Å²) in [5.74, 6) is 0.743. The molecule has 0 spiro atoms. The Morgan fingerprint density at radius 2 is 2.17 bits per heavy atom. The maximum atomic E-state index is 11.6. The zero-order valence-electron chi connectivity index (χ0n) is 7.55. The van der Waals surface area contributed by atoms with E-state index in [1.807, 2.05) is 4.90 Å². The monoisotopic (exact) mass is 233 g/mol. The highest BCUT2D eigenvalue weighted by Gasteiger charge is 2.32. The summed E-state index contributed by atoms with van der Waals surface area (Å²) in [7, 11) is 0. The second kappa shape index (κ2) is 4.85. The number of amides is 1. The molecule has 0 aromatic carbocycles. The van der Waals surface area contributed by atoms with E-state index in [-0.39, 0.29) is 0 Å². The van der Waals surface area contributed by atoms with Gasteiger partial charge >= 0.3 is 0 Å². The number of carbonyl (C=O) groups is 1. The fraction of sp³-hybridized carbons (Fsp3) is 0.889. The molecule has 0 aromatic heterocycles. The van der Waals surface area contributed by atoms with Gasteiger partial charge in [0.2, 0.25) is 5.91 Å². The Bertz CT molecular complexity index is 151. The lowest BCUT2D eigenvalue weighted by molar-refractivity contribution is -0.132. The minimum Gasteiger partial charge on any atom is -0.342 e. The molecule has 1 saturated carbocycles. The molecule has 0 N–H and O–H groups in total. The predicted molar refractivity (Wildman–Crippen MR) is 53.4 cm³/mol. The molecule has 1 fully saturated rings. The van der Waals surface area contributed by atoms with Gasteiger partial charge in [0, 0.05) is 24.3 Å². The molecule has 0 heterocycles. The van der Waals surface area contributed by atoms with Gasteiger partial charge in [-0.25, -0.2) is 0 Å². The Balaban J connectivity index is 2.33. The molecule has 1 aliphatic rings. The Labute approximate surface area is 82.4 Å². The summed E-state index contributed by atoms with van der Waals surface area (Å²) in [4.78, 5) is 13.6. The second-order valence-electron chi connectivity index (χ2n) is 3.29. The molecule has 0 radical (unpaired) electrons. The molecular formula is C9H16BrNO. The first-order chi connectivity index (χ1) is 5.79. The van der Waals surface area contributed by atoms with Crippen molar-refractivity contribution in [2.75, 3.05) is 18.4 Å². The van der Waals surface area contributed by atoms with Crippen LogP contribution >= 0.6 is 15.9 Å². The summed E-state index contributed by atoms with van der Waals surface area (Å²) in [6, 6.07) is 0. The normalized spacial score (nSPS) is 16.2. The lowest BCUT2D eigenvalue weighted by Gasteiger charge is -2.20. The average Bonchev–Trinajstić information content (AvgIpc) is 2.85. The lowest BCUT2D eigenvalue weighted by atomic mass is 10.3. The van der Waals surface area contributed by atoms with E-state index in [4.69, 9.17) is 0 Å². The van der Waals surface area contributed by atoms with Gasteiger partial charge in [-0.05, 0) is 19.3 Å². The van der Waals surface area contributed by atoms with Gasteiger partial charge in [-0.2, -0.15) is 0 Å². The fourth-order valence-corrected chi connectivity index (χ4v) is 1.72. The molecule has 2 nitrogen and oxygen atoms in total. The molecule has 0 aromatic rings. The van der Waals surface area contributed by atoms with Crippen LogP contribution in [0.15, 0.2) is 0 Å². The second-order valence-corrected chi connectivity index (χ2v) is 4.08. The van der Waals surface area contributed by atoms with Crippen molar-refractivity contribution in [3.05, 3.63) is 0 Å². The highest BCUT2D eigenvalue weighted by molar-refractivity contribution is 9.09. The molecule has 1 aliphatic carbocycles. The molecule has 0 unspecified atom stereocenters. The van der Waals surface area contributed by atoms with Gasteiger partial charge in [0.1, 0.15) is 0 Å². The number of hydrogen-bond donors (Lipinski definition) is 0. The van der Waals surface area contributed by atoms with Gasteiger partial charge in [-0.3, -0.25) is 4.79 Å². The van der Waals surface area contributed by atoms with E-state index in [0.717, 1.165) is 37.7 Å². The molecule has 3 heteroatoms. The number of hydrogen-bond acceptors (Lipinski definition) is 1. The van der Waals surface area contributed by atoms with Crippen LogP contribution in [0.3, 0.4) is 0 Å². The van der Waals surface area contributed by atoms with Crippen molar-refractivity contribution in [2.24, 2.45) is 5.92 Å². The third-order valence-electron chi connectivity index (χ3n) is 2.09. The van der Waals surface area contributed by atoms with Crippen LogP contribution in [0.5, 0.6) is 0 Å². The first-order valence-corrected chi connectivity index (χ1v) is 5.76. The van der Waals surface area contributed by atoms with Crippen molar-refractivity contribution in [2.45, 2.75) is 26.2 Å². The number of rotatable bonds is 5. The topological polar surface area (TPSA) is 20.3 Å². The number of halogens is 1. The Hall–Kier alpha value is -0.0500. The van der Waals surface area contributed by atoms with Crippen molar-refractivity contribution in [1.82, 2.24) is 4.90 Å². The molecule has 0 aliphatic heterocycles. The number of carbonyl (C=O) groups excluding carboxylic acids is 1. The van der Waals surface area contributed by atoms with Gasteiger partial charge in [0.15, 0.2) is 0 Å². The molecular weight excluding hydrogens is 218 g/mol. The van der Waals surface area contributed by atoms with E-state index in [1.54, 1.807) is 0 Å². The van der Waals surface area contributed by atoms with E-state index in [0.29, 0.717) is 11.8 Å². The molecule has 1 rings (SSSR count). The van der Waals surface area contributed by atoms with Crippen LogP contribution in [-0.2, 0) is 4.79 Å². The van der Waals surface area contributed by atoms with E-state index in [2.05, 4.69) is 22.9 Å². The van der Waals surface area contributed by atoms with E-state index in [9.17, 15) is 4.79 Å². The highest BCUT2D eigenvalue weighted by atomic mass is 79.9. The third kappa shape index (κ3) is 2.77. The zero-order valence-corrected chi connectivity index (χ0v) is 9.14. The Morgan fingerprint density at radius 1 is 1.50 bits per heavy atom. The Kier molecular flexibility index (Phi) is 4.06. The zero-order chi connectivity index (χ0) is 8.97. The molecule has 0 bridgehead atoms. The van der Waals surface area contributed by atoms with Gasteiger partial charge in [0.25, 0.3) is 0 Å². The van der Waals surface area contributed by atoms with Gasteiger partial charge < -0.3 is 4.90 Å². The SMILES string of the molecule is CCCN(CCBr)C(=O)C1CC1. The molecule has 70 valence electrons. The maximum Gasteiger partial charge on any atom is 0.225 e. The van der Waals surface area contributed by atoms with Crippen molar-refractivity contribution in [3.8, 4) is 0 Å². The molecule has 12 heavy (non-hydrogen) atoms. The lowest BCUT2D eigenvalue weighted by Crippen LogP contribution is -2.34. The van der Waals surface area contributed by atoms with Crippen LogP contribution in [0.4, 0.5) is 0 Å². The van der Waals surface area contributed by atoms with Crippen molar-refractivity contribution in [1.29, 1.82) is 0 Å². The predicted octanol–water partition coefficient (Wildman–Crippen LogP) is 2.03. The number of nitrogens with zero attached hydrogens (tertiary/aromatic N) is 1. The van der Waals surface area contributed by atoms with Crippen molar-refractivity contribution in [3.63, 3.8) is 0 Å². The standard InChI is InChI=1S/C9H16BrNO/c1-2-6-11(7-5-10)9(12)8-3-4-8/h8H,2-7H2,1H3. The van der Waals surface area contributed by atoms with Crippen LogP contribution in [0.25, 0.3) is 0 Å². The van der Waals surface area contributed by atoms with E-state index < -0.39 is 0 Å². The molecule has 0 atom stereocenters. The minimum atomic E-state index is 0.371. The summed E-state index contributed by atoms with van der Waals surface area (Å²) >= 11 is 3.36. The van der Waals surface area contributed by atoms with Crippen LogP contribution in [0.1, 0.15) is 26.2 Å². The molecule has 1 amide bonds. The Morgan fingerprint density at radius 3 is 2.58 bits per heavy atom. The van der Waals surface area contributed by atoms with Gasteiger partial charge in [-0.1, -0.05) is 22.9 Å². The first kappa shape index (κ1) is 10.0. The van der Waals surface area contributed by atoms with Gasteiger partial charge in [0.05, 0.1) is 0 Å². The van der Waals surface area contributed by atoms with E-state index in [1.165, 1.54) is 0 Å². The van der Waals surface area contributed by atoms with E-state index >= 15 is 0 Å². The van der Waals surface area contributed by atoms with Crippen molar-refractivity contribution >= 4 is 21.8 Å². The van der Waals surface area contributed by atoms with Crippen LogP contribution in [0, 0.1) is 5.92 Å². The quantitative estimate of drug-likeness (QED) is 0.666. The third-order valence-corrected chi connectivity index (χ3v) is 2.44. The van der Waals surface area contributed by atoms with Gasteiger partial charge in [-0.15, -0.1) is 0 Å².